The molecule has 1 unspecified atom stereocenters. The second-order valence-corrected chi connectivity index (χ2v) is 5.92. The Bertz CT molecular complexity index is 492. The normalized spacial score (nSPS) is 18.9. The first-order valence-corrected chi connectivity index (χ1v) is 8.01. The van der Waals surface area contributed by atoms with Crippen LogP contribution >= 0.6 is 11.8 Å². The topological polar surface area (TPSA) is 32.3 Å². The van der Waals surface area contributed by atoms with Crippen LogP contribution in [0.3, 0.4) is 0 Å². The maximum absolute atomic E-state index is 11.4. The zero-order valence-electron chi connectivity index (χ0n) is 11.8. The summed E-state index contributed by atoms with van der Waals surface area (Å²) in [5.41, 5.74) is 1.32. The molecule has 0 saturated carbocycles. The first-order valence-electron chi connectivity index (χ1n) is 6.86. The van der Waals surface area contributed by atoms with Crippen molar-refractivity contribution in [3.05, 3.63) is 35.9 Å². The molecule has 1 atom stereocenters. The number of carbonyl (C=O) groups is 1. The van der Waals surface area contributed by atoms with E-state index < -0.39 is 0 Å². The zero-order valence-corrected chi connectivity index (χ0v) is 12.6. The SMILES string of the molecule is CC#CC(=O)NCC1CSCCN1Cc1ccccc1. The Morgan fingerprint density at radius 2 is 2.25 bits per heavy atom. The number of nitrogens with zero attached hydrogens (tertiary/aromatic N) is 1. The van der Waals surface area contributed by atoms with Crippen molar-refractivity contribution < 1.29 is 4.79 Å². The van der Waals surface area contributed by atoms with E-state index in [4.69, 9.17) is 0 Å². The summed E-state index contributed by atoms with van der Waals surface area (Å²) in [6.07, 6.45) is 0. The number of rotatable bonds is 4. The number of nitrogens with one attached hydrogen (secondary N) is 1. The molecule has 1 amide bonds. The number of thioether (sulfide) groups is 1. The first-order chi connectivity index (χ1) is 9.79. The highest BCUT2D eigenvalue weighted by Crippen LogP contribution is 2.18. The van der Waals surface area contributed by atoms with Crippen LogP contribution in [0.4, 0.5) is 0 Å². The minimum absolute atomic E-state index is 0.178. The lowest BCUT2D eigenvalue weighted by Gasteiger charge is -2.35. The van der Waals surface area contributed by atoms with Crippen molar-refractivity contribution in [2.75, 3.05) is 24.6 Å². The quantitative estimate of drug-likeness (QED) is 0.857. The molecule has 2 rings (SSSR count). The molecule has 20 heavy (non-hydrogen) atoms. The molecule has 0 spiro atoms. The Labute approximate surface area is 125 Å². The minimum Gasteiger partial charge on any atom is -0.344 e. The molecule has 0 bridgehead atoms. The van der Waals surface area contributed by atoms with E-state index in [-0.39, 0.29) is 5.91 Å². The van der Waals surface area contributed by atoms with Crippen molar-refractivity contribution in [2.24, 2.45) is 0 Å². The minimum atomic E-state index is -0.178. The molecule has 1 aliphatic heterocycles. The van der Waals surface area contributed by atoms with Crippen LogP contribution in [0.2, 0.25) is 0 Å². The van der Waals surface area contributed by atoms with Gasteiger partial charge in [0.2, 0.25) is 0 Å². The average molecular weight is 288 g/mol. The van der Waals surface area contributed by atoms with E-state index in [0.717, 1.165) is 24.6 Å². The van der Waals surface area contributed by atoms with Gasteiger partial charge in [-0.3, -0.25) is 9.69 Å². The molecule has 1 N–H and O–H groups in total. The average Bonchev–Trinajstić information content (AvgIpc) is 2.48. The number of hydrogen-bond donors (Lipinski definition) is 1. The molecular formula is C16H20N2OS. The van der Waals surface area contributed by atoms with Crippen molar-refractivity contribution in [3.63, 3.8) is 0 Å². The molecule has 3 nitrogen and oxygen atoms in total. The number of benzene rings is 1. The van der Waals surface area contributed by atoms with Crippen LogP contribution in [-0.4, -0.2) is 41.4 Å². The molecule has 1 saturated heterocycles. The molecular weight excluding hydrogens is 268 g/mol. The molecule has 1 fully saturated rings. The summed E-state index contributed by atoms with van der Waals surface area (Å²) in [5, 5.41) is 2.90. The van der Waals surface area contributed by atoms with E-state index in [1.165, 1.54) is 5.56 Å². The van der Waals surface area contributed by atoms with Gasteiger partial charge in [0.25, 0.3) is 5.91 Å². The summed E-state index contributed by atoms with van der Waals surface area (Å²) < 4.78 is 0. The molecule has 0 aliphatic carbocycles. The van der Waals surface area contributed by atoms with Crippen molar-refractivity contribution in [1.29, 1.82) is 0 Å². The zero-order chi connectivity index (χ0) is 14.2. The summed E-state index contributed by atoms with van der Waals surface area (Å²) in [4.78, 5) is 13.9. The van der Waals surface area contributed by atoms with Gasteiger partial charge in [0.15, 0.2) is 0 Å². The molecule has 1 aromatic rings. The summed E-state index contributed by atoms with van der Waals surface area (Å²) in [5.74, 6) is 7.19. The van der Waals surface area contributed by atoms with Gasteiger partial charge in [0, 0.05) is 37.2 Å². The van der Waals surface area contributed by atoms with Crippen LogP contribution in [0.5, 0.6) is 0 Å². The van der Waals surface area contributed by atoms with Gasteiger partial charge in [-0.05, 0) is 18.4 Å². The van der Waals surface area contributed by atoms with Crippen LogP contribution < -0.4 is 5.32 Å². The van der Waals surface area contributed by atoms with Crippen LogP contribution in [0.1, 0.15) is 12.5 Å². The predicted molar refractivity (Wildman–Crippen MR) is 84.4 cm³/mol. The van der Waals surface area contributed by atoms with Gasteiger partial charge in [0.1, 0.15) is 0 Å². The molecule has 1 heterocycles. The van der Waals surface area contributed by atoms with Gasteiger partial charge in [-0.15, -0.1) is 0 Å². The van der Waals surface area contributed by atoms with Gasteiger partial charge in [-0.25, -0.2) is 0 Å². The second kappa shape index (κ2) is 7.98. The summed E-state index contributed by atoms with van der Waals surface area (Å²) in [7, 11) is 0. The van der Waals surface area contributed by atoms with E-state index in [2.05, 4.69) is 46.3 Å². The Hall–Kier alpha value is -1.44. The van der Waals surface area contributed by atoms with Crippen LogP contribution in [0, 0.1) is 11.8 Å². The van der Waals surface area contributed by atoms with E-state index >= 15 is 0 Å². The van der Waals surface area contributed by atoms with Gasteiger partial charge in [-0.1, -0.05) is 36.3 Å². The van der Waals surface area contributed by atoms with E-state index in [9.17, 15) is 4.79 Å². The number of amides is 1. The summed E-state index contributed by atoms with van der Waals surface area (Å²) in [6.45, 7) is 4.37. The third kappa shape index (κ3) is 4.59. The highest BCUT2D eigenvalue weighted by atomic mass is 32.2. The van der Waals surface area contributed by atoms with Crippen molar-refractivity contribution >= 4 is 17.7 Å². The van der Waals surface area contributed by atoms with Gasteiger partial charge >= 0.3 is 0 Å². The van der Waals surface area contributed by atoms with E-state index in [0.29, 0.717) is 12.6 Å². The van der Waals surface area contributed by atoms with Gasteiger partial charge < -0.3 is 5.32 Å². The molecule has 0 aromatic heterocycles. The Balaban J connectivity index is 1.91. The Morgan fingerprint density at radius 3 is 3.00 bits per heavy atom. The number of carbonyl (C=O) groups excluding carboxylic acids is 1. The smallest absolute Gasteiger partial charge is 0.295 e. The third-order valence-corrected chi connectivity index (χ3v) is 4.41. The van der Waals surface area contributed by atoms with Gasteiger partial charge in [0.05, 0.1) is 0 Å². The first kappa shape index (κ1) is 15.0. The lowest BCUT2D eigenvalue weighted by Crippen LogP contribution is -2.48. The molecule has 106 valence electrons. The lowest BCUT2D eigenvalue weighted by molar-refractivity contribution is -0.115. The fraction of sp³-hybridized carbons (Fsp3) is 0.438. The largest absolute Gasteiger partial charge is 0.344 e. The Kier molecular flexibility index (Phi) is 5.97. The van der Waals surface area contributed by atoms with Crippen LogP contribution in [0.25, 0.3) is 0 Å². The molecule has 1 aliphatic rings. The summed E-state index contributed by atoms with van der Waals surface area (Å²) in [6, 6.07) is 10.9. The highest BCUT2D eigenvalue weighted by molar-refractivity contribution is 7.99. The van der Waals surface area contributed by atoms with Crippen molar-refractivity contribution in [2.45, 2.75) is 19.5 Å². The fourth-order valence-electron chi connectivity index (χ4n) is 2.27. The monoisotopic (exact) mass is 288 g/mol. The highest BCUT2D eigenvalue weighted by Gasteiger charge is 2.22. The van der Waals surface area contributed by atoms with Gasteiger partial charge in [-0.2, -0.15) is 11.8 Å². The Morgan fingerprint density at radius 1 is 1.45 bits per heavy atom. The summed E-state index contributed by atoms with van der Waals surface area (Å²) >= 11 is 1.95. The van der Waals surface area contributed by atoms with E-state index in [1.54, 1.807) is 6.92 Å². The lowest BCUT2D eigenvalue weighted by atomic mass is 10.1. The maximum atomic E-state index is 11.4. The second-order valence-electron chi connectivity index (χ2n) is 4.77. The molecule has 0 radical (unpaired) electrons. The predicted octanol–water partition coefficient (Wildman–Crippen LogP) is 1.74. The van der Waals surface area contributed by atoms with Crippen molar-refractivity contribution in [1.82, 2.24) is 10.2 Å². The van der Waals surface area contributed by atoms with E-state index in [1.807, 2.05) is 17.8 Å². The molecule has 4 heteroatoms. The number of hydrogen-bond acceptors (Lipinski definition) is 3. The standard InChI is InChI=1S/C16H20N2OS/c1-2-6-16(19)17-11-15-13-20-10-9-18(15)12-14-7-4-3-5-8-14/h3-5,7-8,15H,9-13H2,1H3,(H,17,19). The van der Waals surface area contributed by atoms with Crippen molar-refractivity contribution in [3.8, 4) is 11.8 Å². The van der Waals surface area contributed by atoms with Crippen LogP contribution in [0.15, 0.2) is 30.3 Å². The van der Waals surface area contributed by atoms with Crippen LogP contribution in [-0.2, 0) is 11.3 Å². The maximum Gasteiger partial charge on any atom is 0.295 e. The molecule has 1 aromatic carbocycles. The fourth-order valence-corrected chi connectivity index (χ4v) is 3.40. The third-order valence-electron chi connectivity index (χ3n) is 3.31.